The molecular weight excluding hydrogens is 306 g/mol. The number of pyridine rings is 1. The molecule has 0 aromatic carbocycles. The standard InChI is InChI=1S/C14H17N3O2S2/c15-10-11-14(6-3-7-16-11)21(18,19)17-8-9-20-13-5-2-1-4-12(13)17/h3,6-7,12-13H,1-2,4-5,8-9H2/t12-,13+/m1/s1. The van der Waals surface area contributed by atoms with E-state index in [1.54, 1.807) is 10.4 Å². The van der Waals surface area contributed by atoms with Gasteiger partial charge in [-0.3, -0.25) is 0 Å². The molecule has 0 radical (unpaired) electrons. The van der Waals surface area contributed by atoms with Gasteiger partial charge in [-0.2, -0.15) is 21.3 Å². The fourth-order valence-corrected chi connectivity index (χ4v) is 6.59. The zero-order valence-corrected chi connectivity index (χ0v) is 13.2. The first-order chi connectivity index (χ1) is 10.1. The van der Waals surface area contributed by atoms with Crippen molar-refractivity contribution in [3.8, 4) is 6.07 Å². The second-order valence-electron chi connectivity index (χ2n) is 5.34. The van der Waals surface area contributed by atoms with Gasteiger partial charge in [0, 0.05) is 29.8 Å². The van der Waals surface area contributed by atoms with Crippen LogP contribution in [0.2, 0.25) is 0 Å². The van der Waals surface area contributed by atoms with Crippen LogP contribution in [0.4, 0.5) is 0 Å². The van der Waals surface area contributed by atoms with Gasteiger partial charge in [-0.15, -0.1) is 0 Å². The number of fused-ring (bicyclic) bond motifs is 1. The molecule has 1 aliphatic carbocycles. The number of rotatable bonds is 2. The van der Waals surface area contributed by atoms with Gasteiger partial charge in [0.2, 0.25) is 10.0 Å². The van der Waals surface area contributed by atoms with Gasteiger partial charge < -0.3 is 0 Å². The van der Waals surface area contributed by atoms with Crippen LogP contribution in [0.25, 0.3) is 0 Å². The van der Waals surface area contributed by atoms with Gasteiger partial charge in [0.25, 0.3) is 0 Å². The number of nitrogens with zero attached hydrogens (tertiary/aromatic N) is 3. The lowest BCUT2D eigenvalue weighted by molar-refractivity contribution is 0.261. The Morgan fingerprint density at radius 1 is 1.38 bits per heavy atom. The van der Waals surface area contributed by atoms with E-state index in [1.807, 2.05) is 17.8 Å². The SMILES string of the molecule is N#Cc1ncccc1S(=O)(=O)N1CCS[C@H]2CCCC[C@H]21. The van der Waals surface area contributed by atoms with E-state index in [2.05, 4.69) is 4.98 Å². The van der Waals surface area contributed by atoms with Crippen LogP contribution >= 0.6 is 11.8 Å². The molecule has 1 aromatic heterocycles. The molecule has 0 bridgehead atoms. The van der Waals surface area contributed by atoms with Crippen molar-refractivity contribution in [1.82, 2.24) is 9.29 Å². The van der Waals surface area contributed by atoms with Gasteiger partial charge in [0.1, 0.15) is 11.0 Å². The van der Waals surface area contributed by atoms with E-state index in [0.29, 0.717) is 11.8 Å². The lowest BCUT2D eigenvalue weighted by Crippen LogP contribution is -2.51. The topological polar surface area (TPSA) is 74.1 Å². The van der Waals surface area contributed by atoms with Crippen LogP contribution in [0, 0.1) is 11.3 Å². The molecule has 2 heterocycles. The summed E-state index contributed by atoms with van der Waals surface area (Å²) in [6.07, 6.45) is 5.70. The first-order valence-corrected chi connectivity index (χ1v) is 9.62. The summed E-state index contributed by atoms with van der Waals surface area (Å²) in [7, 11) is -3.64. The largest absolute Gasteiger partial charge is 0.246 e. The second kappa shape index (κ2) is 5.95. The Balaban J connectivity index is 1.99. The van der Waals surface area contributed by atoms with Crippen molar-refractivity contribution in [1.29, 1.82) is 5.26 Å². The summed E-state index contributed by atoms with van der Waals surface area (Å²) in [5.41, 5.74) is -0.0110. The molecule has 1 aromatic rings. The summed E-state index contributed by atoms with van der Waals surface area (Å²) in [4.78, 5) is 3.94. The molecule has 1 saturated heterocycles. The Morgan fingerprint density at radius 3 is 3.00 bits per heavy atom. The molecule has 0 N–H and O–H groups in total. The van der Waals surface area contributed by atoms with Crippen LogP contribution in [0.5, 0.6) is 0 Å². The Labute approximate surface area is 129 Å². The van der Waals surface area contributed by atoms with Gasteiger partial charge >= 0.3 is 0 Å². The second-order valence-corrected chi connectivity index (χ2v) is 8.54. The molecule has 2 aliphatic rings. The number of aromatic nitrogens is 1. The average Bonchev–Trinajstić information content (AvgIpc) is 2.54. The monoisotopic (exact) mass is 323 g/mol. The predicted octanol–water partition coefficient (Wildman–Crippen LogP) is 2.00. The van der Waals surface area contributed by atoms with Crippen LogP contribution in [0.3, 0.4) is 0 Å². The number of thioether (sulfide) groups is 1. The van der Waals surface area contributed by atoms with Gasteiger partial charge in [0.15, 0.2) is 5.69 Å². The predicted molar refractivity (Wildman–Crippen MR) is 81.3 cm³/mol. The van der Waals surface area contributed by atoms with Crippen LogP contribution in [-0.2, 0) is 10.0 Å². The minimum Gasteiger partial charge on any atom is -0.244 e. The Hall–Kier alpha value is -1.10. The van der Waals surface area contributed by atoms with E-state index < -0.39 is 10.0 Å². The molecule has 7 heteroatoms. The van der Waals surface area contributed by atoms with Gasteiger partial charge in [-0.1, -0.05) is 12.8 Å². The normalized spacial score (nSPS) is 26.8. The van der Waals surface area contributed by atoms with E-state index in [0.717, 1.165) is 25.0 Å². The highest BCUT2D eigenvalue weighted by molar-refractivity contribution is 8.00. The van der Waals surface area contributed by atoms with Crippen molar-refractivity contribution in [2.75, 3.05) is 12.3 Å². The molecular formula is C14H17N3O2S2. The van der Waals surface area contributed by atoms with E-state index in [1.165, 1.54) is 18.7 Å². The molecule has 3 rings (SSSR count). The highest BCUT2D eigenvalue weighted by Crippen LogP contribution is 2.38. The zero-order chi connectivity index (χ0) is 14.9. The van der Waals surface area contributed by atoms with Crippen molar-refractivity contribution in [2.45, 2.75) is 41.9 Å². The lowest BCUT2D eigenvalue weighted by atomic mass is 9.95. The summed E-state index contributed by atoms with van der Waals surface area (Å²) in [5.74, 6) is 0.822. The van der Waals surface area contributed by atoms with Crippen molar-refractivity contribution in [2.24, 2.45) is 0 Å². The van der Waals surface area contributed by atoms with Gasteiger partial charge in [0.05, 0.1) is 0 Å². The Bertz CT molecular complexity index is 667. The Morgan fingerprint density at radius 2 is 2.19 bits per heavy atom. The maximum atomic E-state index is 12.9. The number of nitriles is 1. The molecule has 5 nitrogen and oxygen atoms in total. The van der Waals surface area contributed by atoms with E-state index in [9.17, 15) is 8.42 Å². The van der Waals surface area contributed by atoms with Crippen LogP contribution in [0.15, 0.2) is 23.2 Å². The highest BCUT2D eigenvalue weighted by Gasteiger charge is 2.41. The zero-order valence-electron chi connectivity index (χ0n) is 11.6. The fraction of sp³-hybridized carbons (Fsp3) is 0.571. The van der Waals surface area contributed by atoms with Crippen molar-refractivity contribution >= 4 is 21.8 Å². The van der Waals surface area contributed by atoms with Crippen molar-refractivity contribution < 1.29 is 8.42 Å². The number of hydrogen-bond acceptors (Lipinski definition) is 5. The third-order valence-corrected chi connectivity index (χ3v) is 7.50. The van der Waals surface area contributed by atoms with Crippen LogP contribution < -0.4 is 0 Å². The van der Waals surface area contributed by atoms with E-state index in [-0.39, 0.29) is 16.6 Å². The molecule has 112 valence electrons. The molecule has 1 aliphatic heterocycles. The molecule has 1 saturated carbocycles. The molecule has 0 spiro atoms. The fourth-order valence-electron chi connectivity index (χ4n) is 3.17. The summed E-state index contributed by atoms with van der Waals surface area (Å²) < 4.78 is 27.5. The maximum Gasteiger partial charge on any atom is 0.246 e. The summed E-state index contributed by atoms with van der Waals surface area (Å²) in [6, 6.07) is 5.02. The van der Waals surface area contributed by atoms with Gasteiger partial charge in [-0.05, 0) is 25.0 Å². The first-order valence-electron chi connectivity index (χ1n) is 7.13. The van der Waals surface area contributed by atoms with E-state index >= 15 is 0 Å². The summed E-state index contributed by atoms with van der Waals surface area (Å²) in [6.45, 7) is 0.522. The quantitative estimate of drug-likeness (QED) is 0.832. The van der Waals surface area contributed by atoms with Crippen LogP contribution in [-0.4, -0.2) is 41.3 Å². The maximum absolute atomic E-state index is 12.9. The average molecular weight is 323 g/mol. The summed E-state index contributed by atoms with van der Waals surface area (Å²) in [5, 5.41) is 9.51. The van der Waals surface area contributed by atoms with E-state index in [4.69, 9.17) is 5.26 Å². The minimum atomic E-state index is -3.64. The molecule has 2 atom stereocenters. The number of hydrogen-bond donors (Lipinski definition) is 0. The molecule has 0 unspecified atom stereocenters. The molecule has 2 fully saturated rings. The Kier molecular flexibility index (Phi) is 4.20. The third kappa shape index (κ3) is 2.68. The molecule has 21 heavy (non-hydrogen) atoms. The van der Waals surface area contributed by atoms with Crippen molar-refractivity contribution in [3.05, 3.63) is 24.0 Å². The molecule has 0 amide bonds. The summed E-state index contributed by atoms with van der Waals surface area (Å²) >= 11 is 1.89. The number of sulfonamides is 1. The van der Waals surface area contributed by atoms with Gasteiger partial charge in [-0.25, -0.2) is 13.4 Å². The third-order valence-electron chi connectivity index (χ3n) is 4.14. The minimum absolute atomic E-state index is 0.0110. The first kappa shape index (κ1) is 14.8. The smallest absolute Gasteiger partial charge is 0.244 e. The lowest BCUT2D eigenvalue weighted by Gasteiger charge is -2.42. The highest BCUT2D eigenvalue weighted by atomic mass is 32.2. The van der Waals surface area contributed by atoms with Crippen molar-refractivity contribution in [3.63, 3.8) is 0 Å². The van der Waals surface area contributed by atoms with Crippen LogP contribution in [0.1, 0.15) is 31.4 Å².